The topological polar surface area (TPSA) is 68.8 Å². The zero-order chi connectivity index (χ0) is 12.4. The number of rotatable bonds is 3. The molecule has 0 saturated heterocycles. The lowest BCUT2D eigenvalue weighted by atomic mass is 10.1. The first kappa shape index (κ1) is 11.9. The average molecular weight is 252 g/mol. The van der Waals surface area contributed by atoms with Crippen LogP contribution in [-0.4, -0.2) is 21.6 Å². The van der Waals surface area contributed by atoms with E-state index in [4.69, 9.17) is 17.3 Å². The van der Waals surface area contributed by atoms with E-state index in [1.165, 1.54) is 6.20 Å². The predicted octanol–water partition coefficient (Wildman–Crippen LogP) is 1.36. The summed E-state index contributed by atoms with van der Waals surface area (Å²) in [6.45, 7) is 0. The highest BCUT2D eigenvalue weighted by molar-refractivity contribution is 6.30. The van der Waals surface area contributed by atoms with E-state index < -0.39 is 0 Å². The van der Waals surface area contributed by atoms with Gasteiger partial charge in [-0.05, 0) is 13.1 Å². The SMILES string of the molecule is CNC(c1cc(Cl)cnc1N)c1cncn1C. The highest BCUT2D eigenvalue weighted by atomic mass is 35.5. The number of nitrogens with one attached hydrogen (secondary N) is 1. The molecule has 0 amide bonds. The lowest BCUT2D eigenvalue weighted by molar-refractivity contribution is 0.638. The lowest BCUT2D eigenvalue weighted by Crippen LogP contribution is -2.21. The third-order valence-electron chi connectivity index (χ3n) is 2.67. The maximum atomic E-state index is 5.95. The van der Waals surface area contributed by atoms with E-state index in [0.717, 1.165) is 11.3 Å². The molecule has 0 saturated carbocycles. The van der Waals surface area contributed by atoms with Gasteiger partial charge in [0, 0.05) is 18.8 Å². The van der Waals surface area contributed by atoms with E-state index in [2.05, 4.69) is 15.3 Å². The molecule has 2 heterocycles. The summed E-state index contributed by atoms with van der Waals surface area (Å²) in [5, 5.41) is 3.76. The van der Waals surface area contributed by atoms with E-state index in [1.54, 1.807) is 12.5 Å². The Balaban J connectivity index is 2.49. The van der Waals surface area contributed by atoms with Crippen LogP contribution in [0.25, 0.3) is 0 Å². The fourth-order valence-electron chi connectivity index (χ4n) is 1.81. The smallest absolute Gasteiger partial charge is 0.128 e. The number of aromatic nitrogens is 3. The summed E-state index contributed by atoms with van der Waals surface area (Å²) < 4.78 is 1.93. The number of nitrogens with zero attached hydrogens (tertiary/aromatic N) is 3. The number of anilines is 1. The van der Waals surface area contributed by atoms with E-state index in [0.29, 0.717) is 10.8 Å². The molecule has 3 N–H and O–H groups in total. The van der Waals surface area contributed by atoms with E-state index in [-0.39, 0.29) is 6.04 Å². The van der Waals surface area contributed by atoms with Gasteiger partial charge >= 0.3 is 0 Å². The number of pyridine rings is 1. The fraction of sp³-hybridized carbons (Fsp3) is 0.273. The molecule has 0 bridgehead atoms. The molecule has 17 heavy (non-hydrogen) atoms. The lowest BCUT2D eigenvalue weighted by Gasteiger charge is -2.18. The van der Waals surface area contributed by atoms with Gasteiger partial charge < -0.3 is 15.6 Å². The molecule has 2 rings (SSSR count). The maximum absolute atomic E-state index is 5.95. The molecule has 5 nitrogen and oxygen atoms in total. The van der Waals surface area contributed by atoms with Gasteiger partial charge in [-0.25, -0.2) is 9.97 Å². The Bertz CT molecular complexity index is 522. The average Bonchev–Trinajstić information content (AvgIpc) is 2.71. The van der Waals surface area contributed by atoms with Crippen LogP contribution in [0.1, 0.15) is 17.3 Å². The summed E-state index contributed by atoms with van der Waals surface area (Å²) in [6.07, 6.45) is 5.08. The number of nitrogen functional groups attached to an aromatic ring is 1. The summed E-state index contributed by atoms with van der Waals surface area (Å²) in [7, 11) is 3.79. The number of nitrogens with two attached hydrogens (primary N) is 1. The molecule has 0 aliphatic heterocycles. The van der Waals surface area contributed by atoms with Gasteiger partial charge in [0.05, 0.1) is 29.3 Å². The third kappa shape index (κ3) is 2.25. The third-order valence-corrected chi connectivity index (χ3v) is 2.87. The molecule has 1 unspecified atom stereocenters. The second kappa shape index (κ2) is 4.73. The minimum absolute atomic E-state index is 0.0753. The Morgan fingerprint density at radius 3 is 2.82 bits per heavy atom. The Kier molecular flexibility index (Phi) is 3.31. The van der Waals surface area contributed by atoms with E-state index in [9.17, 15) is 0 Å². The molecule has 0 aliphatic carbocycles. The molecule has 2 aromatic heterocycles. The summed E-state index contributed by atoms with van der Waals surface area (Å²) >= 11 is 5.95. The zero-order valence-corrected chi connectivity index (χ0v) is 10.4. The summed E-state index contributed by atoms with van der Waals surface area (Å²) in [5.41, 5.74) is 7.74. The number of imidazole rings is 1. The van der Waals surface area contributed by atoms with Crippen LogP contribution in [0.2, 0.25) is 5.02 Å². The second-order valence-corrected chi connectivity index (χ2v) is 4.22. The van der Waals surface area contributed by atoms with Crippen molar-refractivity contribution in [2.75, 3.05) is 12.8 Å². The largest absolute Gasteiger partial charge is 0.383 e. The van der Waals surface area contributed by atoms with Crippen molar-refractivity contribution in [2.24, 2.45) is 7.05 Å². The van der Waals surface area contributed by atoms with Crippen molar-refractivity contribution in [3.63, 3.8) is 0 Å². The summed E-state index contributed by atoms with van der Waals surface area (Å²) in [5.74, 6) is 0.468. The van der Waals surface area contributed by atoms with Crippen molar-refractivity contribution in [1.82, 2.24) is 19.9 Å². The van der Waals surface area contributed by atoms with Gasteiger partial charge in [-0.3, -0.25) is 0 Å². The van der Waals surface area contributed by atoms with Crippen LogP contribution in [0, 0.1) is 0 Å². The molecule has 0 radical (unpaired) electrons. The van der Waals surface area contributed by atoms with Crippen LogP contribution in [0.15, 0.2) is 24.8 Å². The molecular formula is C11H14ClN5. The van der Waals surface area contributed by atoms with Crippen molar-refractivity contribution >= 4 is 17.4 Å². The first-order valence-corrected chi connectivity index (χ1v) is 5.55. The molecular weight excluding hydrogens is 238 g/mol. The molecule has 90 valence electrons. The van der Waals surface area contributed by atoms with Gasteiger partial charge in [0.25, 0.3) is 0 Å². The monoisotopic (exact) mass is 251 g/mol. The van der Waals surface area contributed by atoms with Gasteiger partial charge in [-0.15, -0.1) is 0 Å². The Morgan fingerprint density at radius 1 is 1.47 bits per heavy atom. The minimum atomic E-state index is -0.0753. The van der Waals surface area contributed by atoms with Crippen molar-refractivity contribution in [1.29, 1.82) is 0 Å². The molecule has 0 fully saturated rings. The number of hydrogen-bond acceptors (Lipinski definition) is 4. The van der Waals surface area contributed by atoms with Crippen LogP contribution in [0.4, 0.5) is 5.82 Å². The molecule has 6 heteroatoms. The second-order valence-electron chi connectivity index (χ2n) is 3.78. The van der Waals surface area contributed by atoms with Crippen LogP contribution >= 0.6 is 11.6 Å². The standard InChI is InChI=1S/C11H14ClN5/c1-14-10(9-5-15-6-17(9)2)8-3-7(12)4-16-11(8)13/h3-6,10,14H,1-2H3,(H2,13,16). The van der Waals surface area contributed by atoms with Gasteiger partial charge in [0.15, 0.2) is 0 Å². The van der Waals surface area contributed by atoms with Crippen molar-refractivity contribution < 1.29 is 0 Å². The molecule has 0 aliphatic rings. The quantitative estimate of drug-likeness (QED) is 0.864. The Hall–Kier alpha value is -1.59. The molecule has 2 aromatic rings. The Morgan fingerprint density at radius 2 is 2.24 bits per heavy atom. The highest BCUT2D eigenvalue weighted by Crippen LogP contribution is 2.26. The first-order chi connectivity index (χ1) is 8.13. The number of aryl methyl sites for hydroxylation is 1. The number of halogens is 1. The van der Waals surface area contributed by atoms with Crippen molar-refractivity contribution in [3.8, 4) is 0 Å². The summed E-state index contributed by atoms with van der Waals surface area (Å²) in [4.78, 5) is 8.16. The minimum Gasteiger partial charge on any atom is -0.383 e. The van der Waals surface area contributed by atoms with Crippen molar-refractivity contribution in [3.05, 3.63) is 41.1 Å². The fourth-order valence-corrected chi connectivity index (χ4v) is 1.97. The van der Waals surface area contributed by atoms with Gasteiger partial charge in [-0.1, -0.05) is 11.6 Å². The van der Waals surface area contributed by atoms with Gasteiger partial charge in [0.2, 0.25) is 0 Å². The maximum Gasteiger partial charge on any atom is 0.128 e. The predicted molar refractivity (Wildman–Crippen MR) is 67.8 cm³/mol. The van der Waals surface area contributed by atoms with Crippen molar-refractivity contribution in [2.45, 2.75) is 6.04 Å². The Labute approximate surface area is 105 Å². The summed E-state index contributed by atoms with van der Waals surface area (Å²) in [6, 6.07) is 1.74. The van der Waals surface area contributed by atoms with E-state index in [1.807, 2.05) is 24.7 Å². The van der Waals surface area contributed by atoms with Crippen LogP contribution in [0.3, 0.4) is 0 Å². The van der Waals surface area contributed by atoms with Gasteiger partial charge in [-0.2, -0.15) is 0 Å². The number of hydrogen-bond donors (Lipinski definition) is 2. The molecule has 1 atom stereocenters. The molecule has 0 aromatic carbocycles. The van der Waals surface area contributed by atoms with Crippen LogP contribution in [-0.2, 0) is 7.05 Å². The normalized spacial score (nSPS) is 12.6. The zero-order valence-electron chi connectivity index (χ0n) is 9.68. The van der Waals surface area contributed by atoms with Crippen LogP contribution < -0.4 is 11.1 Å². The van der Waals surface area contributed by atoms with E-state index >= 15 is 0 Å². The molecule has 0 spiro atoms. The first-order valence-electron chi connectivity index (χ1n) is 5.18. The highest BCUT2D eigenvalue weighted by Gasteiger charge is 2.18. The van der Waals surface area contributed by atoms with Gasteiger partial charge in [0.1, 0.15) is 5.82 Å². The van der Waals surface area contributed by atoms with Crippen LogP contribution in [0.5, 0.6) is 0 Å².